The number of hydrogen-bond acceptors (Lipinski definition) is 6. The van der Waals surface area contributed by atoms with Crippen LogP contribution in [0.1, 0.15) is 10.5 Å². The van der Waals surface area contributed by atoms with Gasteiger partial charge in [-0.3, -0.25) is 9.79 Å². The maximum Gasteiger partial charge on any atom is 0.282 e. The number of rotatable bonds is 8. The summed E-state index contributed by atoms with van der Waals surface area (Å²) in [6.45, 7) is 7.09. The van der Waals surface area contributed by atoms with Gasteiger partial charge in [-0.05, 0) is 42.6 Å². The number of hydrogen-bond donors (Lipinski definition) is 1. The molecule has 0 aliphatic heterocycles. The highest BCUT2D eigenvalue weighted by molar-refractivity contribution is 7.89. The van der Waals surface area contributed by atoms with Crippen molar-refractivity contribution >= 4 is 22.6 Å². The summed E-state index contributed by atoms with van der Waals surface area (Å²) in [5.74, 6) is 0.00932. The molecule has 1 heterocycles. The fraction of sp³-hybridized carbons (Fsp3) is 0.118. The van der Waals surface area contributed by atoms with E-state index in [4.69, 9.17) is 4.74 Å². The third kappa shape index (κ3) is 4.25. The Balaban J connectivity index is 2.17. The summed E-state index contributed by atoms with van der Waals surface area (Å²) in [5.41, 5.74) is 0.621. The fourth-order valence-corrected chi connectivity index (χ4v) is 3.09. The first-order chi connectivity index (χ1) is 12.4. The molecule has 9 heteroatoms. The summed E-state index contributed by atoms with van der Waals surface area (Å²) in [7, 11) is -2.42. The Morgan fingerprint density at radius 3 is 2.62 bits per heavy atom. The van der Waals surface area contributed by atoms with Crippen molar-refractivity contribution in [2.45, 2.75) is 4.90 Å². The highest BCUT2D eigenvalue weighted by Crippen LogP contribution is 2.17. The normalized spacial score (nSPS) is 11.7. The van der Waals surface area contributed by atoms with Gasteiger partial charge in [-0.25, -0.2) is 0 Å². The minimum Gasteiger partial charge on any atom is -0.497 e. The highest BCUT2D eigenvalue weighted by Gasteiger charge is 2.20. The topological polar surface area (TPSA) is 103 Å². The first-order valence-corrected chi connectivity index (χ1v) is 8.87. The molecule has 0 unspecified atom stereocenters. The quantitative estimate of drug-likeness (QED) is 0.559. The van der Waals surface area contributed by atoms with E-state index in [2.05, 4.69) is 28.7 Å². The third-order valence-electron chi connectivity index (χ3n) is 3.37. The zero-order valence-electron chi connectivity index (χ0n) is 14.1. The average Bonchev–Trinajstić information content (AvgIpc) is 3.16. The molecule has 1 aromatic carbocycles. The van der Waals surface area contributed by atoms with E-state index < -0.39 is 15.9 Å². The van der Waals surface area contributed by atoms with Gasteiger partial charge in [0.1, 0.15) is 5.75 Å². The Labute approximate surface area is 151 Å². The number of nitrogens with one attached hydrogen (secondary N) is 1. The van der Waals surface area contributed by atoms with E-state index in [9.17, 15) is 13.2 Å². The van der Waals surface area contributed by atoms with Crippen LogP contribution in [0.3, 0.4) is 0 Å². The summed E-state index contributed by atoms with van der Waals surface area (Å²) in [5, 5.41) is 6.46. The van der Waals surface area contributed by atoms with Crippen LogP contribution in [-0.4, -0.2) is 43.9 Å². The summed E-state index contributed by atoms with van der Waals surface area (Å²) < 4.78 is 30.9. The van der Waals surface area contributed by atoms with Gasteiger partial charge in [0.05, 0.1) is 12.0 Å². The molecule has 2 rings (SSSR count). The number of ether oxygens (including phenoxy) is 1. The Hall–Kier alpha value is -3.20. The van der Waals surface area contributed by atoms with Crippen LogP contribution >= 0.6 is 0 Å². The first-order valence-electron chi connectivity index (χ1n) is 7.43. The number of nitrogens with zero attached hydrogens (tertiary/aromatic N) is 3. The first kappa shape index (κ1) is 19.1. The number of carbonyl (C=O) groups is 1. The predicted octanol–water partition coefficient (Wildman–Crippen LogP) is 1.63. The zero-order valence-corrected chi connectivity index (χ0v) is 14.9. The second-order valence-corrected chi connectivity index (χ2v) is 6.82. The maximum atomic E-state index is 12.6. The molecule has 1 amide bonds. The van der Waals surface area contributed by atoms with Gasteiger partial charge >= 0.3 is 0 Å². The van der Waals surface area contributed by atoms with Gasteiger partial charge < -0.3 is 10.1 Å². The molecule has 0 saturated carbocycles. The van der Waals surface area contributed by atoms with Gasteiger partial charge in [0, 0.05) is 18.9 Å². The van der Waals surface area contributed by atoms with E-state index in [0.29, 0.717) is 11.3 Å². The molecule has 0 aliphatic carbocycles. The van der Waals surface area contributed by atoms with Crippen molar-refractivity contribution in [2.24, 2.45) is 4.99 Å². The van der Waals surface area contributed by atoms with Crippen LogP contribution in [-0.2, 0) is 10.0 Å². The minimum absolute atomic E-state index is 0.0299. The monoisotopic (exact) mass is 374 g/mol. The summed E-state index contributed by atoms with van der Waals surface area (Å²) in [4.78, 5) is 15.8. The Morgan fingerprint density at radius 1 is 1.35 bits per heavy atom. The molecule has 2 aromatic rings. The molecule has 0 spiro atoms. The summed E-state index contributed by atoms with van der Waals surface area (Å²) in [6, 6.07) is 7.18. The number of methoxy groups -OCH3 is 1. The van der Waals surface area contributed by atoms with Crippen molar-refractivity contribution in [2.75, 3.05) is 13.7 Å². The lowest BCUT2D eigenvalue weighted by molar-refractivity contribution is 0.0952. The van der Waals surface area contributed by atoms with E-state index in [1.807, 2.05) is 0 Å². The lowest BCUT2D eigenvalue weighted by Crippen LogP contribution is -2.26. The molecule has 0 atom stereocenters. The van der Waals surface area contributed by atoms with Crippen LogP contribution in [0.2, 0.25) is 0 Å². The van der Waals surface area contributed by atoms with E-state index in [-0.39, 0.29) is 17.1 Å². The van der Waals surface area contributed by atoms with Gasteiger partial charge in [-0.1, -0.05) is 12.7 Å². The van der Waals surface area contributed by atoms with Crippen molar-refractivity contribution in [1.82, 2.24) is 14.5 Å². The second kappa shape index (κ2) is 8.26. The van der Waals surface area contributed by atoms with Crippen LogP contribution in [0, 0.1) is 0 Å². The molecule has 26 heavy (non-hydrogen) atoms. The standard InChI is InChI=1S/C17H18N4O4S/c1-4-13(11-18-2)12-19-17(22)16-9-10-21(20-16)26(23,24)15-7-5-14(25-3)6-8-15/h4-11H,1-2,12H2,3H3,(H,19,22)/b13-11+. The molecule has 136 valence electrons. The van der Waals surface area contributed by atoms with E-state index in [0.717, 1.165) is 4.09 Å². The van der Waals surface area contributed by atoms with Gasteiger partial charge in [0.2, 0.25) is 0 Å². The smallest absolute Gasteiger partial charge is 0.282 e. The molecule has 0 bridgehead atoms. The minimum atomic E-state index is -3.90. The largest absolute Gasteiger partial charge is 0.497 e. The number of aliphatic imine (C=N–C) groups is 1. The van der Waals surface area contributed by atoms with Gasteiger partial charge in [-0.15, -0.1) is 0 Å². The molecule has 8 nitrogen and oxygen atoms in total. The molecule has 0 fully saturated rings. The third-order valence-corrected chi connectivity index (χ3v) is 4.94. The van der Waals surface area contributed by atoms with Crippen molar-refractivity contribution in [3.63, 3.8) is 0 Å². The molecular weight excluding hydrogens is 356 g/mol. The predicted molar refractivity (Wildman–Crippen MR) is 98.0 cm³/mol. The van der Waals surface area contributed by atoms with E-state index in [1.165, 1.54) is 55.9 Å². The molecular formula is C17H18N4O4S. The van der Waals surface area contributed by atoms with Crippen LogP contribution in [0.4, 0.5) is 0 Å². The van der Waals surface area contributed by atoms with Gasteiger partial charge in [0.15, 0.2) is 5.69 Å². The van der Waals surface area contributed by atoms with Crippen LogP contribution in [0.15, 0.2) is 70.8 Å². The summed E-state index contributed by atoms with van der Waals surface area (Å²) >= 11 is 0. The van der Waals surface area contributed by atoms with Crippen LogP contribution in [0.25, 0.3) is 0 Å². The Bertz CT molecular complexity index is 943. The SMILES string of the molecule is C=C/C(=C\N=C)CNC(=O)c1ccn(S(=O)(=O)c2ccc(OC)cc2)n1. The molecule has 0 radical (unpaired) electrons. The maximum absolute atomic E-state index is 12.6. The Kier molecular flexibility index (Phi) is 6.07. The van der Waals surface area contributed by atoms with Gasteiger partial charge in [-0.2, -0.15) is 17.6 Å². The molecule has 0 saturated heterocycles. The van der Waals surface area contributed by atoms with Crippen molar-refractivity contribution < 1.29 is 17.9 Å². The zero-order chi connectivity index (χ0) is 19.2. The molecule has 1 aromatic heterocycles. The van der Waals surface area contributed by atoms with Crippen LogP contribution in [0.5, 0.6) is 5.75 Å². The highest BCUT2D eigenvalue weighted by atomic mass is 32.2. The van der Waals surface area contributed by atoms with Crippen LogP contribution < -0.4 is 10.1 Å². The molecule has 0 aliphatic rings. The second-order valence-electron chi connectivity index (χ2n) is 5.03. The lowest BCUT2D eigenvalue weighted by atomic mass is 10.3. The fourth-order valence-electron chi connectivity index (χ4n) is 1.98. The number of carbonyl (C=O) groups excluding carboxylic acids is 1. The van der Waals surface area contributed by atoms with Crippen molar-refractivity contribution in [3.05, 3.63) is 66.7 Å². The lowest BCUT2D eigenvalue weighted by Gasteiger charge is -2.06. The molecule has 1 N–H and O–H groups in total. The summed E-state index contributed by atoms with van der Waals surface area (Å²) in [6.07, 6.45) is 4.20. The Morgan fingerprint density at radius 2 is 2.04 bits per heavy atom. The van der Waals surface area contributed by atoms with Crippen molar-refractivity contribution in [3.8, 4) is 5.75 Å². The van der Waals surface area contributed by atoms with E-state index >= 15 is 0 Å². The van der Waals surface area contributed by atoms with Crippen molar-refractivity contribution in [1.29, 1.82) is 0 Å². The van der Waals surface area contributed by atoms with E-state index in [1.54, 1.807) is 0 Å². The number of benzene rings is 1. The number of amides is 1. The van der Waals surface area contributed by atoms with Gasteiger partial charge in [0.25, 0.3) is 15.9 Å². The number of aromatic nitrogens is 2. The average molecular weight is 374 g/mol.